The highest BCUT2D eigenvalue weighted by atomic mass is 35.5. The molecule has 0 radical (unpaired) electrons. The molecule has 2 heteroatoms. The first kappa shape index (κ1) is 19.7. The van der Waals surface area contributed by atoms with E-state index >= 15 is 0 Å². The van der Waals surface area contributed by atoms with Crippen molar-refractivity contribution in [2.24, 2.45) is 5.73 Å². The molecule has 3 aromatic rings. The minimum Gasteiger partial charge on any atom is -0.320 e. The standard InChI is InChI=1S/C14H15N.C8H8.ClH/c1-11-7-9-13(10-8-11)14(15)12-5-3-2-4-6-12;1-2-8-6-4-3-5-7-8;/h2-10,14H,15H2,1H3;2-7H,1H2;1H. The Bertz CT molecular complexity index is 706. The molecule has 0 aliphatic rings. The van der Waals surface area contributed by atoms with Crippen molar-refractivity contribution in [3.63, 3.8) is 0 Å². The molecule has 0 amide bonds. The van der Waals surface area contributed by atoms with E-state index in [4.69, 9.17) is 5.73 Å². The van der Waals surface area contributed by atoms with Gasteiger partial charge in [-0.3, -0.25) is 0 Å². The molecule has 0 aliphatic carbocycles. The molecule has 24 heavy (non-hydrogen) atoms. The Morgan fingerprint density at radius 1 is 0.750 bits per heavy atom. The van der Waals surface area contributed by atoms with E-state index in [1.165, 1.54) is 11.1 Å². The monoisotopic (exact) mass is 337 g/mol. The molecule has 0 saturated carbocycles. The van der Waals surface area contributed by atoms with Crippen molar-refractivity contribution in [1.29, 1.82) is 0 Å². The van der Waals surface area contributed by atoms with Crippen LogP contribution in [0.4, 0.5) is 0 Å². The summed E-state index contributed by atoms with van der Waals surface area (Å²) in [6, 6.07) is 28.5. The van der Waals surface area contributed by atoms with Gasteiger partial charge in [-0.05, 0) is 23.6 Å². The van der Waals surface area contributed by atoms with E-state index in [-0.39, 0.29) is 18.4 Å². The first-order valence-electron chi connectivity index (χ1n) is 7.75. The zero-order valence-electron chi connectivity index (χ0n) is 13.9. The lowest BCUT2D eigenvalue weighted by Crippen LogP contribution is -2.11. The van der Waals surface area contributed by atoms with Crippen molar-refractivity contribution >= 4 is 18.5 Å². The quantitative estimate of drug-likeness (QED) is 0.642. The van der Waals surface area contributed by atoms with Crippen molar-refractivity contribution in [3.05, 3.63) is 114 Å². The third-order valence-electron chi connectivity index (χ3n) is 3.63. The lowest BCUT2D eigenvalue weighted by atomic mass is 9.99. The predicted octanol–water partition coefficient (Wildman–Crippen LogP) is 5.79. The number of rotatable bonds is 3. The van der Waals surface area contributed by atoms with E-state index in [0.717, 1.165) is 11.1 Å². The molecule has 0 aliphatic heterocycles. The number of hydrogen-bond acceptors (Lipinski definition) is 1. The van der Waals surface area contributed by atoms with Gasteiger partial charge in [-0.1, -0.05) is 103 Å². The van der Waals surface area contributed by atoms with Gasteiger partial charge in [-0.15, -0.1) is 12.4 Å². The lowest BCUT2D eigenvalue weighted by Gasteiger charge is -2.12. The van der Waals surface area contributed by atoms with Crippen LogP contribution in [0.15, 0.2) is 91.5 Å². The number of halogens is 1. The van der Waals surface area contributed by atoms with Crippen LogP contribution in [0.25, 0.3) is 6.08 Å². The lowest BCUT2D eigenvalue weighted by molar-refractivity contribution is 0.871. The van der Waals surface area contributed by atoms with E-state index in [9.17, 15) is 0 Å². The van der Waals surface area contributed by atoms with E-state index in [1.807, 2.05) is 54.6 Å². The van der Waals surface area contributed by atoms with Gasteiger partial charge in [0, 0.05) is 0 Å². The van der Waals surface area contributed by atoms with E-state index in [2.05, 4.69) is 49.9 Å². The molecular formula is C22H24ClN. The second-order valence-electron chi connectivity index (χ2n) is 5.41. The van der Waals surface area contributed by atoms with Crippen LogP contribution in [0.3, 0.4) is 0 Å². The first-order valence-corrected chi connectivity index (χ1v) is 7.75. The number of hydrogen-bond donors (Lipinski definition) is 1. The molecule has 3 rings (SSSR count). The summed E-state index contributed by atoms with van der Waals surface area (Å²) >= 11 is 0. The largest absolute Gasteiger partial charge is 0.320 e. The zero-order chi connectivity index (χ0) is 16.5. The van der Waals surface area contributed by atoms with Gasteiger partial charge in [-0.2, -0.15) is 0 Å². The van der Waals surface area contributed by atoms with Gasteiger partial charge in [0.1, 0.15) is 0 Å². The SMILES string of the molecule is C=Cc1ccccc1.Cc1ccc(C(N)c2ccccc2)cc1.Cl. The fourth-order valence-corrected chi connectivity index (χ4v) is 2.22. The zero-order valence-corrected chi connectivity index (χ0v) is 14.7. The minimum atomic E-state index is -0.0215. The normalized spacial score (nSPS) is 10.6. The third-order valence-corrected chi connectivity index (χ3v) is 3.63. The van der Waals surface area contributed by atoms with Crippen molar-refractivity contribution in [2.75, 3.05) is 0 Å². The Morgan fingerprint density at radius 2 is 1.21 bits per heavy atom. The summed E-state index contributed by atoms with van der Waals surface area (Å²) in [5.74, 6) is 0. The number of benzene rings is 3. The topological polar surface area (TPSA) is 26.0 Å². The summed E-state index contributed by atoms with van der Waals surface area (Å²) in [4.78, 5) is 0. The Morgan fingerprint density at radius 3 is 1.67 bits per heavy atom. The maximum absolute atomic E-state index is 6.17. The molecular weight excluding hydrogens is 314 g/mol. The molecule has 1 nitrogen and oxygen atoms in total. The van der Waals surface area contributed by atoms with Gasteiger partial charge in [0.15, 0.2) is 0 Å². The summed E-state index contributed by atoms with van der Waals surface area (Å²) in [7, 11) is 0. The van der Waals surface area contributed by atoms with Gasteiger partial charge in [0.25, 0.3) is 0 Å². The highest BCUT2D eigenvalue weighted by molar-refractivity contribution is 5.85. The van der Waals surface area contributed by atoms with Crippen LogP contribution in [0.2, 0.25) is 0 Å². The van der Waals surface area contributed by atoms with Crippen LogP contribution in [0.1, 0.15) is 28.3 Å². The van der Waals surface area contributed by atoms with Crippen LogP contribution >= 0.6 is 12.4 Å². The molecule has 0 heterocycles. The van der Waals surface area contributed by atoms with E-state index in [1.54, 1.807) is 0 Å². The fraction of sp³-hybridized carbons (Fsp3) is 0.0909. The summed E-state index contributed by atoms with van der Waals surface area (Å²) in [6.45, 7) is 5.71. The van der Waals surface area contributed by atoms with Gasteiger partial charge in [0.2, 0.25) is 0 Å². The Hall–Kier alpha value is -2.35. The van der Waals surface area contributed by atoms with Crippen molar-refractivity contribution in [3.8, 4) is 0 Å². The van der Waals surface area contributed by atoms with E-state index in [0.29, 0.717) is 0 Å². The fourth-order valence-electron chi connectivity index (χ4n) is 2.22. The number of aryl methyl sites for hydroxylation is 1. The van der Waals surface area contributed by atoms with E-state index < -0.39 is 0 Å². The van der Waals surface area contributed by atoms with Gasteiger partial charge in [0.05, 0.1) is 6.04 Å². The molecule has 3 aromatic carbocycles. The maximum Gasteiger partial charge on any atom is 0.0551 e. The Kier molecular flexibility index (Phi) is 8.56. The molecule has 0 bridgehead atoms. The highest BCUT2D eigenvalue weighted by Crippen LogP contribution is 2.19. The Labute approximate surface area is 151 Å². The van der Waals surface area contributed by atoms with Gasteiger partial charge >= 0.3 is 0 Å². The molecule has 2 N–H and O–H groups in total. The molecule has 0 spiro atoms. The summed E-state index contributed by atoms with van der Waals surface area (Å²) in [6.07, 6.45) is 1.83. The Balaban J connectivity index is 0.000000273. The summed E-state index contributed by atoms with van der Waals surface area (Å²) < 4.78 is 0. The molecule has 1 atom stereocenters. The van der Waals surface area contributed by atoms with Gasteiger partial charge < -0.3 is 5.73 Å². The van der Waals surface area contributed by atoms with Crippen LogP contribution < -0.4 is 5.73 Å². The average molecular weight is 338 g/mol. The molecule has 0 fully saturated rings. The van der Waals surface area contributed by atoms with Crippen LogP contribution in [0.5, 0.6) is 0 Å². The molecule has 0 aromatic heterocycles. The second kappa shape index (κ2) is 10.4. The van der Waals surface area contributed by atoms with Crippen molar-refractivity contribution < 1.29 is 0 Å². The van der Waals surface area contributed by atoms with Crippen molar-refractivity contribution in [2.45, 2.75) is 13.0 Å². The summed E-state index contributed by atoms with van der Waals surface area (Å²) in [5, 5.41) is 0. The molecule has 1 unspecified atom stereocenters. The smallest absolute Gasteiger partial charge is 0.0551 e. The third kappa shape index (κ3) is 6.04. The van der Waals surface area contributed by atoms with Crippen LogP contribution in [-0.4, -0.2) is 0 Å². The number of nitrogens with two attached hydrogens (primary N) is 1. The highest BCUT2D eigenvalue weighted by Gasteiger charge is 2.06. The molecule has 0 saturated heterocycles. The summed E-state index contributed by atoms with van der Waals surface area (Å²) in [5.41, 5.74) is 10.9. The predicted molar refractivity (Wildman–Crippen MR) is 107 cm³/mol. The first-order chi connectivity index (χ1) is 11.2. The van der Waals surface area contributed by atoms with Gasteiger partial charge in [-0.25, -0.2) is 0 Å². The van der Waals surface area contributed by atoms with Crippen molar-refractivity contribution in [1.82, 2.24) is 0 Å². The minimum absolute atomic E-state index is 0. The van der Waals surface area contributed by atoms with Crippen LogP contribution in [-0.2, 0) is 0 Å². The maximum atomic E-state index is 6.17. The van der Waals surface area contributed by atoms with Crippen LogP contribution in [0, 0.1) is 6.92 Å². The molecule has 124 valence electrons. The average Bonchev–Trinajstić information content (AvgIpc) is 2.64. The second-order valence-corrected chi connectivity index (χ2v) is 5.41.